The molecular weight excluding hydrogens is 536 g/mol. The zero-order valence-corrected chi connectivity index (χ0v) is 23.6. The molecule has 2 amide bonds. The molecule has 0 spiro atoms. The van der Waals surface area contributed by atoms with Crippen molar-refractivity contribution in [3.8, 4) is 0 Å². The van der Waals surface area contributed by atoms with E-state index in [1.807, 2.05) is 32.0 Å². The molecule has 3 N–H and O–H groups in total. The van der Waals surface area contributed by atoms with Crippen LogP contribution < -0.4 is 11.1 Å². The van der Waals surface area contributed by atoms with Gasteiger partial charge in [0.2, 0.25) is 10.0 Å². The van der Waals surface area contributed by atoms with Gasteiger partial charge in [-0.2, -0.15) is 4.31 Å². The van der Waals surface area contributed by atoms with E-state index in [-0.39, 0.29) is 35.8 Å². The Labute approximate surface area is 232 Å². The van der Waals surface area contributed by atoms with Gasteiger partial charge in [0.1, 0.15) is 5.00 Å². The van der Waals surface area contributed by atoms with E-state index in [1.54, 1.807) is 0 Å². The van der Waals surface area contributed by atoms with E-state index in [0.717, 1.165) is 23.5 Å². The first-order valence-electron chi connectivity index (χ1n) is 12.9. The summed E-state index contributed by atoms with van der Waals surface area (Å²) < 4.78 is 33.3. The Hall–Kier alpha value is -3.09. The van der Waals surface area contributed by atoms with Gasteiger partial charge in [-0.1, -0.05) is 30.3 Å². The summed E-state index contributed by atoms with van der Waals surface area (Å²) in [4.78, 5) is 28.9. The number of fused-ring (bicyclic) bond motifs is 1. The van der Waals surface area contributed by atoms with Gasteiger partial charge in [0.25, 0.3) is 11.8 Å². The largest absolute Gasteiger partial charge is 0.373 e. The molecule has 1 saturated heterocycles. The van der Waals surface area contributed by atoms with Crippen LogP contribution in [-0.4, -0.2) is 61.3 Å². The predicted octanol–water partition coefficient (Wildman–Crippen LogP) is 3.46. The van der Waals surface area contributed by atoms with Gasteiger partial charge in [0.15, 0.2) is 0 Å². The van der Waals surface area contributed by atoms with Crippen LogP contribution in [0.3, 0.4) is 0 Å². The highest BCUT2D eigenvalue weighted by molar-refractivity contribution is 7.89. The van der Waals surface area contributed by atoms with Gasteiger partial charge < -0.3 is 15.8 Å². The molecule has 39 heavy (non-hydrogen) atoms. The monoisotopic (exact) mass is 568 g/mol. The van der Waals surface area contributed by atoms with Crippen LogP contribution in [0.5, 0.6) is 0 Å². The van der Waals surface area contributed by atoms with Crippen LogP contribution in [0.4, 0.5) is 5.00 Å². The van der Waals surface area contributed by atoms with E-state index in [2.05, 4.69) is 22.3 Å². The van der Waals surface area contributed by atoms with Crippen molar-refractivity contribution in [1.29, 1.82) is 0 Å². The van der Waals surface area contributed by atoms with Crippen LogP contribution in [0.25, 0.3) is 0 Å². The standard InChI is InChI=1S/C28H32N4O5S2/c1-18-14-32(15-19(2)37-18)39(35,36)22-10-8-21(9-11-22)27(34)30-28-25(26(29)33)23-12-13-31(17-24(23)38-28)16-20-6-4-3-5-7-20/h3-11,18-19H,12-17H2,1-2H3,(H2,29,33)(H,30,34)/t18-,19-/m0/s1. The molecular formula is C28H32N4O5S2. The Bertz CT molecular complexity index is 1460. The van der Waals surface area contributed by atoms with Gasteiger partial charge in [-0.3, -0.25) is 14.5 Å². The molecule has 206 valence electrons. The number of nitrogens with two attached hydrogens (primary N) is 1. The van der Waals surface area contributed by atoms with Crippen molar-refractivity contribution in [2.24, 2.45) is 5.73 Å². The average Bonchev–Trinajstić information content (AvgIpc) is 3.26. The van der Waals surface area contributed by atoms with E-state index < -0.39 is 21.8 Å². The number of ether oxygens (including phenoxy) is 1. The number of morpholine rings is 1. The minimum absolute atomic E-state index is 0.114. The lowest BCUT2D eigenvalue weighted by molar-refractivity contribution is -0.0440. The lowest BCUT2D eigenvalue weighted by Crippen LogP contribution is -2.48. The molecule has 3 aromatic rings. The third-order valence-electron chi connectivity index (χ3n) is 7.00. The number of carbonyl (C=O) groups excluding carboxylic acids is 2. The van der Waals surface area contributed by atoms with Crippen molar-refractivity contribution < 1.29 is 22.7 Å². The van der Waals surface area contributed by atoms with E-state index in [0.29, 0.717) is 23.5 Å². The summed E-state index contributed by atoms with van der Waals surface area (Å²) in [6, 6.07) is 16.0. The maximum atomic E-state index is 13.1. The molecule has 5 rings (SSSR count). The Kier molecular flexibility index (Phi) is 7.88. The number of benzene rings is 2. The molecule has 0 aliphatic carbocycles. The fourth-order valence-corrected chi connectivity index (χ4v) is 8.09. The van der Waals surface area contributed by atoms with Crippen LogP contribution in [0, 0.1) is 0 Å². The first-order chi connectivity index (χ1) is 18.6. The van der Waals surface area contributed by atoms with Crippen LogP contribution >= 0.6 is 11.3 Å². The highest BCUT2D eigenvalue weighted by Crippen LogP contribution is 2.37. The number of amides is 2. The number of carbonyl (C=O) groups is 2. The fourth-order valence-electron chi connectivity index (χ4n) is 5.21. The molecule has 2 aromatic carbocycles. The van der Waals surface area contributed by atoms with E-state index in [4.69, 9.17) is 10.5 Å². The van der Waals surface area contributed by atoms with Gasteiger partial charge in [-0.25, -0.2) is 8.42 Å². The van der Waals surface area contributed by atoms with E-state index >= 15 is 0 Å². The maximum Gasteiger partial charge on any atom is 0.256 e. The number of hydrogen-bond acceptors (Lipinski definition) is 7. The van der Waals surface area contributed by atoms with Crippen LogP contribution in [0.2, 0.25) is 0 Å². The van der Waals surface area contributed by atoms with Gasteiger partial charge in [-0.05, 0) is 55.7 Å². The molecule has 2 atom stereocenters. The summed E-state index contributed by atoms with van der Waals surface area (Å²) in [6.45, 7) is 6.47. The normalized spacial score (nSPS) is 20.4. The summed E-state index contributed by atoms with van der Waals surface area (Å²) in [5.41, 5.74) is 8.48. The molecule has 9 nitrogen and oxygen atoms in total. The first kappa shape index (κ1) is 27.5. The summed E-state index contributed by atoms with van der Waals surface area (Å²) >= 11 is 1.37. The second-order valence-electron chi connectivity index (χ2n) is 10.1. The van der Waals surface area contributed by atoms with Crippen LogP contribution in [0.15, 0.2) is 59.5 Å². The van der Waals surface area contributed by atoms with Gasteiger partial charge in [0.05, 0.1) is 22.7 Å². The number of sulfonamides is 1. The molecule has 1 fully saturated rings. The topological polar surface area (TPSA) is 122 Å². The fraction of sp³-hybridized carbons (Fsp3) is 0.357. The van der Waals surface area contributed by atoms with Crippen molar-refractivity contribution in [1.82, 2.24) is 9.21 Å². The number of hydrogen-bond donors (Lipinski definition) is 2. The molecule has 3 heterocycles. The highest BCUT2D eigenvalue weighted by atomic mass is 32.2. The molecule has 0 unspecified atom stereocenters. The quantitative estimate of drug-likeness (QED) is 0.450. The number of rotatable bonds is 7. The second kappa shape index (κ2) is 11.2. The number of anilines is 1. The number of nitrogens with zero attached hydrogens (tertiary/aromatic N) is 2. The Morgan fingerprint density at radius 3 is 2.36 bits per heavy atom. The van der Waals surface area contributed by atoms with Gasteiger partial charge in [0, 0.05) is 43.2 Å². The molecule has 11 heteroatoms. The van der Waals surface area contributed by atoms with Gasteiger partial charge >= 0.3 is 0 Å². The molecule has 0 bridgehead atoms. The minimum atomic E-state index is -3.72. The molecule has 0 saturated carbocycles. The predicted molar refractivity (Wildman–Crippen MR) is 150 cm³/mol. The van der Waals surface area contributed by atoms with Crippen molar-refractivity contribution >= 4 is 38.2 Å². The lowest BCUT2D eigenvalue weighted by atomic mass is 10.0. The van der Waals surface area contributed by atoms with Crippen LogP contribution in [-0.2, 0) is 34.3 Å². The number of primary amides is 1. The molecule has 2 aliphatic rings. The molecule has 1 aromatic heterocycles. The third kappa shape index (κ3) is 5.92. The summed E-state index contributed by atoms with van der Waals surface area (Å²) in [5.74, 6) is -1.01. The SMILES string of the molecule is C[C@H]1CN(S(=O)(=O)c2ccc(C(=O)Nc3sc4c(c3C(N)=O)CCN(Cc3ccccc3)C4)cc2)C[C@H](C)O1. The summed E-state index contributed by atoms with van der Waals surface area (Å²) in [5, 5.41) is 3.27. The van der Waals surface area contributed by atoms with Crippen molar-refractivity contribution in [2.45, 2.75) is 50.5 Å². The second-order valence-corrected chi connectivity index (χ2v) is 13.1. The average molecular weight is 569 g/mol. The third-order valence-corrected chi connectivity index (χ3v) is 9.98. The van der Waals surface area contributed by atoms with E-state index in [9.17, 15) is 18.0 Å². The van der Waals surface area contributed by atoms with E-state index in [1.165, 1.54) is 45.5 Å². The first-order valence-corrected chi connectivity index (χ1v) is 15.1. The lowest BCUT2D eigenvalue weighted by Gasteiger charge is -2.34. The van der Waals surface area contributed by atoms with Crippen LogP contribution in [0.1, 0.15) is 50.6 Å². The molecule has 0 radical (unpaired) electrons. The highest BCUT2D eigenvalue weighted by Gasteiger charge is 2.32. The smallest absolute Gasteiger partial charge is 0.256 e. The van der Waals surface area contributed by atoms with Crippen molar-refractivity contribution in [3.63, 3.8) is 0 Å². The Morgan fingerprint density at radius 2 is 1.72 bits per heavy atom. The van der Waals surface area contributed by atoms with Crippen molar-refractivity contribution in [2.75, 3.05) is 25.0 Å². The van der Waals surface area contributed by atoms with Gasteiger partial charge in [-0.15, -0.1) is 11.3 Å². The van der Waals surface area contributed by atoms with Crippen molar-refractivity contribution in [3.05, 3.63) is 81.7 Å². The number of nitrogens with one attached hydrogen (secondary N) is 1. The summed E-state index contributed by atoms with van der Waals surface area (Å²) in [7, 11) is -3.72. The zero-order valence-electron chi connectivity index (χ0n) is 21.9. The number of thiophene rings is 1. The molecule has 2 aliphatic heterocycles. The summed E-state index contributed by atoms with van der Waals surface area (Å²) in [6.07, 6.45) is 0.267. The Morgan fingerprint density at radius 1 is 1.05 bits per heavy atom. The Balaban J connectivity index is 1.31. The maximum absolute atomic E-state index is 13.1. The zero-order chi connectivity index (χ0) is 27.7. The minimum Gasteiger partial charge on any atom is -0.373 e.